The number of thioether (sulfide) groups is 1. The SMILES string of the molecule is CSCCC(C)N(C)C(CN)c1cc(Br)ccc1Cl. The number of nitrogens with two attached hydrogens (primary N) is 1. The van der Waals surface area contributed by atoms with E-state index in [4.69, 9.17) is 17.3 Å². The second-order valence-electron chi connectivity index (χ2n) is 4.71. The van der Waals surface area contributed by atoms with Crippen LogP contribution in [0, 0.1) is 0 Å². The first kappa shape index (κ1) is 17.3. The standard InChI is InChI=1S/C14H22BrClN2S/c1-10(6-7-19-3)18(2)14(9-17)12-8-11(15)4-5-13(12)16/h4-5,8,10,14H,6-7,9,17H2,1-3H3. The van der Waals surface area contributed by atoms with Gasteiger partial charge in [-0.2, -0.15) is 11.8 Å². The second-order valence-corrected chi connectivity index (χ2v) is 7.02. The van der Waals surface area contributed by atoms with Crippen LogP contribution in [0.1, 0.15) is 24.9 Å². The van der Waals surface area contributed by atoms with E-state index in [9.17, 15) is 0 Å². The molecule has 0 aromatic heterocycles. The zero-order valence-corrected chi connectivity index (χ0v) is 14.9. The zero-order valence-electron chi connectivity index (χ0n) is 11.7. The van der Waals surface area contributed by atoms with Crippen LogP contribution in [0.2, 0.25) is 5.02 Å². The summed E-state index contributed by atoms with van der Waals surface area (Å²) in [5.74, 6) is 1.16. The fourth-order valence-corrected chi connectivity index (χ4v) is 3.28. The van der Waals surface area contributed by atoms with Gasteiger partial charge in [0, 0.05) is 28.1 Å². The Morgan fingerprint density at radius 1 is 1.47 bits per heavy atom. The number of hydrogen-bond acceptors (Lipinski definition) is 3. The first-order valence-corrected chi connectivity index (χ1v) is 8.93. The molecule has 2 nitrogen and oxygen atoms in total. The number of nitrogens with zero attached hydrogens (tertiary/aromatic N) is 1. The topological polar surface area (TPSA) is 29.3 Å². The van der Waals surface area contributed by atoms with E-state index < -0.39 is 0 Å². The molecule has 0 saturated heterocycles. The average molecular weight is 366 g/mol. The van der Waals surface area contributed by atoms with Gasteiger partial charge in [-0.15, -0.1) is 0 Å². The lowest BCUT2D eigenvalue weighted by Gasteiger charge is -2.33. The number of halogens is 2. The molecule has 0 fully saturated rings. The summed E-state index contributed by atoms with van der Waals surface area (Å²) >= 11 is 11.7. The maximum Gasteiger partial charge on any atom is 0.0485 e. The molecule has 108 valence electrons. The molecule has 0 spiro atoms. The van der Waals surface area contributed by atoms with Crippen LogP contribution in [-0.4, -0.2) is 36.5 Å². The Hall–Kier alpha value is 0.260. The van der Waals surface area contributed by atoms with E-state index in [0.717, 1.165) is 27.2 Å². The van der Waals surface area contributed by atoms with Crippen LogP contribution < -0.4 is 5.73 Å². The summed E-state index contributed by atoms with van der Waals surface area (Å²) < 4.78 is 1.04. The summed E-state index contributed by atoms with van der Waals surface area (Å²) in [7, 11) is 2.12. The summed E-state index contributed by atoms with van der Waals surface area (Å²) in [4.78, 5) is 2.32. The first-order chi connectivity index (χ1) is 9.01. The lowest BCUT2D eigenvalue weighted by molar-refractivity contribution is 0.185. The third-order valence-electron chi connectivity index (χ3n) is 3.47. The largest absolute Gasteiger partial charge is 0.329 e. The summed E-state index contributed by atoms with van der Waals surface area (Å²) in [6.45, 7) is 2.81. The molecule has 0 heterocycles. The first-order valence-electron chi connectivity index (χ1n) is 6.37. The molecule has 1 rings (SSSR count). The van der Waals surface area contributed by atoms with E-state index in [1.807, 2.05) is 23.9 Å². The average Bonchev–Trinajstić information content (AvgIpc) is 2.40. The number of likely N-dealkylation sites (N-methyl/N-ethyl adjacent to an activating group) is 1. The molecule has 2 unspecified atom stereocenters. The third-order valence-corrected chi connectivity index (χ3v) is 4.95. The van der Waals surface area contributed by atoms with Crippen LogP contribution in [0.3, 0.4) is 0 Å². The second kappa shape index (κ2) is 8.53. The molecule has 0 aliphatic heterocycles. The Balaban J connectivity index is 2.89. The lowest BCUT2D eigenvalue weighted by Crippen LogP contribution is -2.37. The van der Waals surface area contributed by atoms with Crippen molar-refractivity contribution in [1.82, 2.24) is 4.90 Å². The highest BCUT2D eigenvalue weighted by atomic mass is 79.9. The van der Waals surface area contributed by atoms with Gasteiger partial charge in [0.1, 0.15) is 0 Å². The number of rotatable bonds is 7. The van der Waals surface area contributed by atoms with Gasteiger partial charge >= 0.3 is 0 Å². The van der Waals surface area contributed by atoms with E-state index in [2.05, 4.69) is 47.1 Å². The quantitative estimate of drug-likeness (QED) is 0.786. The van der Waals surface area contributed by atoms with Gasteiger partial charge in [0.25, 0.3) is 0 Å². The molecule has 0 radical (unpaired) electrons. The Morgan fingerprint density at radius 3 is 2.74 bits per heavy atom. The van der Waals surface area contributed by atoms with Crippen molar-refractivity contribution in [3.8, 4) is 0 Å². The molecule has 0 aliphatic rings. The molecule has 0 amide bonds. The highest BCUT2D eigenvalue weighted by molar-refractivity contribution is 9.10. The van der Waals surface area contributed by atoms with Crippen LogP contribution >= 0.6 is 39.3 Å². The van der Waals surface area contributed by atoms with Gasteiger partial charge in [0.15, 0.2) is 0 Å². The summed E-state index contributed by atoms with van der Waals surface area (Å²) in [6, 6.07) is 6.58. The van der Waals surface area contributed by atoms with Crippen molar-refractivity contribution in [3.05, 3.63) is 33.3 Å². The highest BCUT2D eigenvalue weighted by Crippen LogP contribution is 2.30. The van der Waals surface area contributed by atoms with Crippen LogP contribution in [-0.2, 0) is 0 Å². The maximum absolute atomic E-state index is 6.32. The Kier molecular flexibility index (Phi) is 7.77. The highest BCUT2D eigenvalue weighted by Gasteiger charge is 2.22. The van der Waals surface area contributed by atoms with Crippen LogP contribution in [0.25, 0.3) is 0 Å². The zero-order chi connectivity index (χ0) is 14.4. The van der Waals surface area contributed by atoms with Gasteiger partial charge in [0.05, 0.1) is 0 Å². The summed E-state index contributed by atoms with van der Waals surface area (Å²) in [5.41, 5.74) is 7.06. The van der Waals surface area contributed by atoms with E-state index in [-0.39, 0.29) is 6.04 Å². The van der Waals surface area contributed by atoms with E-state index in [1.165, 1.54) is 0 Å². The van der Waals surface area contributed by atoms with Gasteiger partial charge in [-0.1, -0.05) is 27.5 Å². The molecule has 2 atom stereocenters. The van der Waals surface area contributed by atoms with Crippen molar-refractivity contribution < 1.29 is 0 Å². The fourth-order valence-electron chi connectivity index (χ4n) is 2.08. The molecule has 0 saturated carbocycles. The van der Waals surface area contributed by atoms with Crippen molar-refractivity contribution in [2.45, 2.75) is 25.4 Å². The van der Waals surface area contributed by atoms with Gasteiger partial charge in [-0.3, -0.25) is 4.90 Å². The molecule has 2 N–H and O–H groups in total. The fraction of sp³-hybridized carbons (Fsp3) is 0.571. The molecular weight excluding hydrogens is 344 g/mol. The third kappa shape index (κ3) is 4.94. The molecular formula is C14H22BrClN2S. The van der Waals surface area contributed by atoms with E-state index in [0.29, 0.717) is 12.6 Å². The Bertz CT molecular complexity index is 403. The summed E-state index contributed by atoms with van der Waals surface area (Å²) in [5, 5.41) is 0.780. The van der Waals surface area contributed by atoms with Crippen molar-refractivity contribution in [1.29, 1.82) is 0 Å². The van der Waals surface area contributed by atoms with Crippen LogP contribution in [0.4, 0.5) is 0 Å². The predicted octanol–water partition coefficient (Wildman–Crippen LogP) is 4.18. The van der Waals surface area contributed by atoms with Crippen LogP contribution in [0.15, 0.2) is 22.7 Å². The van der Waals surface area contributed by atoms with Gasteiger partial charge < -0.3 is 5.73 Å². The number of hydrogen-bond donors (Lipinski definition) is 1. The Labute approximate surface area is 134 Å². The predicted molar refractivity (Wildman–Crippen MR) is 91.2 cm³/mol. The van der Waals surface area contributed by atoms with Gasteiger partial charge in [-0.05, 0) is 56.2 Å². The molecule has 0 bridgehead atoms. The van der Waals surface area contributed by atoms with Crippen molar-refractivity contribution in [2.24, 2.45) is 5.73 Å². The smallest absolute Gasteiger partial charge is 0.0485 e. The molecule has 1 aromatic rings. The molecule has 1 aromatic carbocycles. The van der Waals surface area contributed by atoms with Gasteiger partial charge in [-0.25, -0.2) is 0 Å². The normalized spacial score (nSPS) is 14.7. The Morgan fingerprint density at radius 2 is 2.16 bits per heavy atom. The van der Waals surface area contributed by atoms with Gasteiger partial charge in [0.2, 0.25) is 0 Å². The molecule has 5 heteroatoms. The van der Waals surface area contributed by atoms with Crippen molar-refractivity contribution in [2.75, 3.05) is 25.6 Å². The monoisotopic (exact) mass is 364 g/mol. The minimum absolute atomic E-state index is 0.154. The van der Waals surface area contributed by atoms with Crippen LogP contribution in [0.5, 0.6) is 0 Å². The summed E-state index contributed by atoms with van der Waals surface area (Å²) in [6.07, 6.45) is 3.29. The van der Waals surface area contributed by atoms with E-state index >= 15 is 0 Å². The van der Waals surface area contributed by atoms with E-state index in [1.54, 1.807) is 0 Å². The lowest BCUT2D eigenvalue weighted by atomic mass is 10.0. The minimum atomic E-state index is 0.154. The minimum Gasteiger partial charge on any atom is -0.329 e. The number of benzene rings is 1. The van der Waals surface area contributed by atoms with Crippen molar-refractivity contribution in [3.63, 3.8) is 0 Å². The molecule has 19 heavy (non-hydrogen) atoms. The van der Waals surface area contributed by atoms with Crippen molar-refractivity contribution >= 4 is 39.3 Å². The molecule has 0 aliphatic carbocycles. The maximum atomic E-state index is 6.32.